The Labute approximate surface area is 143 Å². The van der Waals surface area contributed by atoms with E-state index >= 15 is 0 Å². The van der Waals surface area contributed by atoms with Gasteiger partial charge in [-0.25, -0.2) is 4.79 Å². The largest absolute Gasteiger partial charge is 0.480 e. The number of aliphatic hydroxyl groups excluding tert-OH is 3. The van der Waals surface area contributed by atoms with E-state index in [9.17, 15) is 29.4 Å². The van der Waals surface area contributed by atoms with Crippen LogP contribution >= 0.6 is 0 Å². The number of hydrogen-bond donors (Lipinski definition) is 8. The van der Waals surface area contributed by atoms with E-state index in [2.05, 4.69) is 10.6 Å². The Morgan fingerprint density at radius 1 is 0.920 bits per heavy atom. The van der Waals surface area contributed by atoms with E-state index in [1.807, 2.05) is 5.32 Å². The van der Waals surface area contributed by atoms with E-state index in [1.54, 1.807) is 0 Å². The lowest BCUT2D eigenvalue weighted by Crippen LogP contribution is -2.58. The molecule has 0 aromatic heterocycles. The molecule has 0 bridgehead atoms. The number of carboxylic acids is 1. The minimum Gasteiger partial charge on any atom is -0.480 e. The van der Waals surface area contributed by atoms with Gasteiger partial charge in [0, 0.05) is 0 Å². The lowest BCUT2D eigenvalue weighted by molar-refractivity contribution is -0.145. The maximum Gasteiger partial charge on any atom is 0.328 e. The number of nitrogens with one attached hydrogen (secondary N) is 3. The van der Waals surface area contributed by atoms with Crippen molar-refractivity contribution in [2.75, 3.05) is 13.2 Å². The van der Waals surface area contributed by atoms with Gasteiger partial charge in [0.05, 0.1) is 19.3 Å². The van der Waals surface area contributed by atoms with Gasteiger partial charge in [0.1, 0.15) is 18.1 Å². The molecule has 5 atom stereocenters. The fraction of sp³-hybridized carbons (Fsp3) is 0.692. The quantitative estimate of drug-likeness (QED) is 0.187. The molecule has 0 aliphatic rings. The Morgan fingerprint density at radius 2 is 1.48 bits per heavy atom. The molecule has 25 heavy (non-hydrogen) atoms. The highest BCUT2D eigenvalue weighted by Gasteiger charge is 2.30. The smallest absolute Gasteiger partial charge is 0.328 e. The number of carbonyl (C=O) groups excluding carboxylic acids is 3. The first-order valence-corrected chi connectivity index (χ1v) is 7.34. The predicted octanol–water partition coefficient (Wildman–Crippen LogP) is -4.76. The van der Waals surface area contributed by atoms with Crippen molar-refractivity contribution in [2.24, 2.45) is 5.73 Å². The monoisotopic (exact) mass is 364 g/mol. The second-order valence-electron chi connectivity index (χ2n) is 5.33. The topological polar surface area (TPSA) is 211 Å². The number of rotatable bonds is 10. The molecule has 0 aromatic carbocycles. The van der Waals surface area contributed by atoms with E-state index < -0.39 is 67.2 Å². The van der Waals surface area contributed by atoms with Gasteiger partial charge in [0.15, 0.2) is 6.04 Å². The molecule has 5 unspecified atom stereocenters. The lowest BCUT2D eigenvalue weighted by atomic mass is 10.1. The summed E-state index contributed by atoms with van der Waals surface area (Å²) in [6, 6.07) is -5.49. The van der Waals surface area contributed by atoms with Crippen molar-refractivity contribution in [3.8, 4) is 0 Å². The summed E-state index contributed by atoms with van der Waals surface area (Å²) >= 11 is 0. The first-order valence-electron chi connectivity index (χ1n) is 7.34. The van der Waals surface area contributed by atoms with Crippen molar-refractivity contribution >= 4 is 23.7 Å². The van der Waals surface area contributed by atoms with Gasteiger partial charge in [0.25, 0.3) is 0 Å². The molecule has 0 aromatic rings. The second kappa shape index (κ2) is 10.6. The summed E-state index contributed by atoms with van der Waals surface area (Å²) in [7, 11) is 0. The van der Waals surface area contributed by atoms with Crippen LogP contribution in [0.25, 0.3) is 0 Å². The molecule has 0 aliphatic carbocycles. The number of carbonyl (C=O) groups is 4. The van der Waals surface area contributed by atoms with Crippen molar-refractivity contribution in [1.29, 1.82) is 0 Å². The fourth-order valence-corrected chi connectivity index (χ4v) is 1.60. The average molecular weight is 364 g/mol. The Kier molecular flexibility index (Phi) is 9.59. The van der Waals surface area contributed by atoms with Gasteiger partial charge in [0.2, 0.25) is 17.7 Å². The van der Waals surface area contributed by atoms with Gasteiger partial charge in [-0.3, -0.25) is 14.4 Å². The van der Waals surface area contributed by atoms with Gasteiger partial charge >= 0.3 is 5.97 Å². The van der Waals surface area contributed by atoms with Crippen LogP contribution in [0.5, 0.6) is 0 Å². The molecule has 12 nitrogen and oxygen atoms in total. The predicted molar refractivity (Wildman–Crippen MR) is 82.9 cm³/mol. The molecule has 3 amide bonds. The van der Waals surface area contributed by atoms with Crippen LogP contribution in [-0.4, -0.2) is 87.6 Å². The Morgan fingerprint density at radius 3 is 1.88 bits per heavy atom. The van der Waals surface area contributed by atoms with Crippen molar-refractivity contribution in [3.63, 3.8) is 0 Å². The molecule has 0 spiro atoms. The summed E-state index contributed by atoms with van der Waals surface area (Å²) in [5.74, 6) is -4.17. The van der Waals surface area contributed by atoms with Crippen LogP contribution in [0.15, 0.2) is 0 Å². The van der Waals surface area contributed by atoms with Crippen LogP contribution in [0.4, 0.5) is 0 Å². The van der Waals surface area contributed by atoms with E-state index in [4.69, 9.17) is 15.9 Å². The lowest BCUT2D eigenvalue weighted by Gasteiger charge is -2.23. The highest BCUT2D eigenvalue weighted by Crippen LogP contribution is 1.96. The highest BCUT2D eigenvalue weighted by molar-refractivity contribution is 5.94. The van der Waals surface area contributed by atoms with Crippen molar-refractivity contribution in [2.45, 2.75) is 44.1 Å². The number of amides is 3. The molecule has 0 fully saturated rings. The normalized spacial score (nSPS) is 16.7. The first kappa shape index (κ1) is 22.7. The maximum atomic E-state index is 11.9. The van der Waals surface area contributed by atoms with Gasteiger partial charge in [-0.05, 0) is 13.8 Å². The molecular formula is C13H24N4O8. The van der Waals surface area contributed by atoms with Crippen LogP contribution in [0.2, 0.25) is 0 Å². The minimum absolute atomic E-state index is 0.627. The number of aliphatic carboxylic acids is 1. The molecule has 0 saturated carbocycles. The molecule has 9 N–H and O–H groups in total. The maximum absolute atomic E-state index is 11.9. The number of hydrogen-bond acceptors (Lipinski definition) is 8. The van der Waals surface area contributed by atoms with Crippen molar-refractivity contribution < 1.29 is 39.6 Å². The molecule has 0 radical (unpaired) electrons. The zero-order valence-corrected chi connectivity index (χ0v) is 13.8. The molecule has 0 saturated heterocycles. The van der Waals surface area contributed by atoms with Gasteiger partial charge in [-0.2, -0.15) is 0 Å². The third-order valence-corrected chi connectivity index (χ3v) is 3.15. The van der Waals surface area contributed by atoms with E-state index in [0.29, 0.717) is 0 Å². The Balaban J connectivity index is 4.80. The fourth-order valence-electron chi connectivity index (χ4n) is 1.60. The summed E-state index contributed by atoms with van der Waals surface area (Å²) < 4.78 is 0. The number of carboxylic acid groups (broad SMARTS) is 1. The summed E-state index contributed by atoms with van der Waals surface area (Å²) in [5, 5.41) is 42.4. The summed E-state index contributed by atoms with van der Waals surface area (Å²) in [6.45, 7) is 0.950. The zero-order chi connectivity index (χ0) is 19.7. The van der Waals surface area contributed by atoms with Crippen LogP contribution in [0, 0.1) is 0 Å². The molecular weight excluding hydrogens is 340 g/mol. The second-order valence-corrected chi connectivity index (χ2v) is 5.33. The Hall–Kier alpha value is -2.28. The van der Waals surface area contributed by atoms with Crippen LogP contribution in [0.3, 0.4) is 0 Å². The first-order chi connectivity index (χ1) is 11.5. The van der Waals surface area contributed by atoms with Crippen molar-refractivity contribution in [3.05, 3.63) is 0 Å². The highest BCUT2D eigenvalue weighted by atomic mass is 16.4. The number of nitrogens with two attached hydrogens (primary N) is 1. The standard InChI is InChI=1S/C13H24N4O8/c1-5(15-11(22)7(14)3-18)10(21)16-8(4-19)12(23)17-9(6(2)20)13(24)25/h5-9,18-20H,3-4,14H2,1-2H3,(H,15,22)(H,16,21)(H,17,23)(H,24,25). The van der Waals surface area contributed by atoms with Gasteiger partial charge in [-0.15, -0.1) is 0 Å². The average Bonchev–Trinajstić information content (AvgIpc) is 2.55. The molecule has 0 heterocycles. The van der Waals surface area contributed by atoms with Crippen LogP contribution in [-0.2, 0) is 19.2 Å². The van der Waals surface area contributed by atoms with E-state index in [-0.39, 0.29) is 0 Å². The third-order valence-electron chi connectivity index (χ3n) is 3.15. The minimum atomic E-state index is -1.63. The Bertz CT molecular complexity index is 498. The number of aliphatic hydroxyl groups is 3. The van der Waals surface area contributed by atoms with E-state index in [1.165, 1.54) is 6.92 Å². The summed E-state index contributed by atoms with van der Waals surface area (Å²) in [4.78, 5) is 46.3. The SMILES string of the molecule is CC(NC(=O)C(N)CO)C(=O)NC(CO)C(=O)NC(C(=O)O)C(C)O. The molecule has 144 valence electrons. The molecule has 0 aliphatic heterocycles. The van der Waals surface area contributed by atoms with Crippen LogP contribution in [0.1, 0.15) is 13.8 Å². The zero-order valence-electron chi connectivity index (χ0n) is 13.8. The van der Waals surface area contributed by atoms with Crippen molar-refractivity contribution in [1.82, 2.24) is 16.0 Å². The summed E-state index contributed by atoms with van der Waals surface area (Å²) in [6.07, 6.45) is -1.41. The molecule has 0 rings (SSSR count). The molecule has 12 heteroatoms. The van der Waals surface area contributed by atoms with Gasteiger partial charge in [-0.1, -0.05) is 0 Å². The van der Waals surface area contributed by atoms with E-state index in [0.717, 1.165) is 6.92 Å². The van der Waals surface area contributed by atoms with Crippen LogP contribution < -0.4 is 21.7 Å². The van der Waals surface area contributed by atoms with Gasteiger partial charge < -0.3 is 42.1 Å². The summed E-state index contributed by atoms with van der Waals surface area (Å²) in [5.41, 5.74) is 5.27. The third kappa shape index (κ3) is 7.43.